The fourth-order valence-corrected chi connectivity index (χ4v) is 1.13. The largest absolute Gasteiger partial charge is 0.504 e. The van der Waals surface area contributed by atoms with Crippen LogP contribution in [0, 0.1) is 0 Å². The molecule has 1 aromatic heterocycles. The molecule has 1 N–H and O–H groups in total. The lowest BCUT2D eigenvalue weighted by Gasteiger charge is -2.09. The van der Waals surface area contributed by atoms with Crippen LogP contribution in [0.25, 0.3) is 5.57 Å². The second-order valence-electron chi connectivity index (χ2n) is 3.39. The molecule has 0 radical (unpaired) electrons. The van der Waals surface area contributed by atoms with Crippen molar-refractivity contribution >= 4 is 5.57 Å². The van der Waals surface area contributed by atoms with Crippen molar-refractivity contribution in [1.82, 2.24) is 9.97 Å². The van der Waals surface area contributed by atoms with Crippen molar-refractivity contribution < 1.29 is 5.11 Å². The van der Waals surface area contributed by atoms with Crippen molar-refractivity contribution in [2.45, 2.75) is 26.7 Å². The second-order valence-corrected chi connectivity index (χ2v) is 3.39. The van der Waals surface area contributed by atoms with Crippen LogP contribution in [-0.2, 0) is 0 Å². The van der Waals surface area contributed by atoms with Crippen molar-refractivity contribution in [3.05, 3.63) is 24.3 Å². The Labute approximate surface area is 78.2 Å². The Morgan fingerprint density at radius 2 is 2.08 bits per heavy atom. The standard InChI is InChI=1S/C10H14N2O/c1-6(2)8-10(13)9(7(3)4)12-5-11-8/h5,7,13H,1H2,2-4H3. The lowest BCUT2D eigenvalue weighted by molar-refractivity contribution is 0.454. The van der Waals surface area contributed by atoms with E-state index in [1.54, 1.807) is 0 Å². The first kappa shape index (κ1) is 9.71. The molecule has 0 aliphatic carbocycles. The average Bonchev–Trinajstić information content (AvgIpc) is 2.03. The summed E-state index contributed by atoms with van der Waals surface area (Å²) in [6.07, 6.45) is 1.46. The molecule has 0 unspecified atom stereocenters. The first-order chi connectivity index (χ1) is 6.04. The minimum absolute atomic E-state index is 0.157. The van der Waals surface area contributed by atoms with Gasteiger partial charge in [-0.25, -0.2) is 9.97 Å². The van der Waals surface area contributed by atoms with E-state index in [1.807, 2.05) is 20.8 Å². The lowest BCUT2D eigenvalue weighted by Crippen LogP contribution is -1.98. The Bertz CT molecular complexity index is 332. The molecule has 13 heavy (non-hydrogen) atoms. The third-order valence-corrected chi connectivity index (χ3v) is 1.80. The minimum atomic E-state index is 0.157. The molecule has 0 aromatic carbocycles. The van der Waals surface area contributed by atoms with Gasteiger partial charge in [-0.3, -0.25) is 0 Å². The molecule has 1 aromatic rings. The number of rotatable bonds is 2. The number of hydrogen-bond acceptors (Lipinski definition) is 3. The summed E-state index contributed by atoms with van der Waals surface area (Å²) in [5, 5.41) is 9.74. The van der Waals surface area contributed by atoms with Gasteiger partial charge in [-0.05, 0) is 18.4 Å². The van der Waals surface area contributed by atoms with E-state index in [0.717, 1.165) is 5.57 Å². The fraction of sp³-hybridized carbons (Fsp3) is 0.400. The van der Waals surface area contributed by atoms with E-state index in [9.17, 15) is 5.11 Å². The zero-order valence-corrected chi connectivity index (χ0v) is 8.20. The Kier molecular flexibility index (Phi) is 2.66. The summed E-state index contributed by atoms with van der Waals surface area (Å²) in [5.74, 6) is 0.353. The van der Waals surface area contributed by atoms with Crippen LogP contribution in [0.2, 0.25) is 0 Å². The Morgan fingerprint density at radius 3 is 2.54 bits per heavy atom. The molecule has 0 atom stereocenters. The van der Waals surface area contributed by atoms with Crippen LogP contribution < -0.4 is 0 Å². The summed E-state index contributed by atoms with van der Waals surface area (Å²) in [7, 11) is 0. The van der Waals surface area contributed by atoms with Gasteiger partial charge in [0.25, 0.3) is 0 Å². The zero-order valence-electron chi connectivity index (χ0n) is 8.20. The maximum atomic E-state index is 9.74. The molecular weight excluding hydrogens is 164 g/mol. The molecule has 0 aliphatic heterocycles. The monoisotopic (exact) mass is 178 g/mol. The smallest absolute Gasteiger partial charge is 0.163 e. The summed E-state index contributed by atoms with van der Waals surface area (Å²) in [4.78, 5) is 7.98. The van der Waals surface area contributed by atoms with E-state index in [-0.39, 0.29) is 11.7 Å². The van der Waals surface area contributed by atoms with Gasteiger partial charge in [0.1, 0.15) is 12.0 Å². The molecule has 0 aliphatic rings. The maximum Gasteiger partial charge on any atom is 0.163 e. The molecule has 0 fully saturated rings. The van der Waals surface area contributed by atoms with E-state index in [2.05, 4.69) is 16.5 Å². The molecule has 0 spiro atoms. The Hall–Kier alpha value is -1.38. The highest BCUT2D eigenvalue weighted by Crippen LogP contribution is 2.28. The number of aromatic nitrogens is 2. The number of hydrogen-bond donors (Lipinski definition) is 1. The van der Waals surface area contributed by atoms with Crippen molar-refractivity contribution in [3.63, 3.8) is 0 Å². The molecule has 0 amide bonds. The Morgan fingerprint density at radius 1 is 1.46 bits per heavy atom. The van der Waals surface area contributed by atoms with Gasteiger partial charge >= 0.3 is 0 Å². The lowest BCUT2D eigenvalue weighted by atomic mass is 10.1. The van der Waals surface area contributed by atoms with Gasteiger partial charge in [0.05, 0.1) is 5.69 Å². The highest BCUT2D eigenvalue weighted by molar-refractivity contribution is 5.64. The van der Waals surface area contributed by atoms with E-state index in [0.29, 0.717) is 11.4 Å². The summed E-state index contributed by atoms with van der Waals surface area (Å²) in [5.41, 5.74) is 1.97. The first-order valence-corrected chi connectivity index (χ1v) is 4.23. The second kappa shape index (κ2) is 3.56. The molecule has 70 valence electrons. The van der Waals surface area contributed by atoms with Crippen LogP contribution >= 0.6 is 0 Å². The van der Waals surface area contributed by atoms with Crippen molar-refractivity contribution in [2.75, 3.05) is 0 Å². The van der Waals surface area contributed by atoms with E-state index in [4.69, 9.17) is 0 Å². The fourth-order valence-electron chi connectivity index (χ4n) is 1.13. The van der Waals surface area contributed by atoms with Crippen LogP contribution in [0.3, 0.4) is 0 Å². The van der Waals surface area contributed by atoms with Gasteiger partial charge < -0.3 is 5.11 Å². The van der Waals surface area contributed by atoms with Crippen LogP contribution in [0.5, 0.6) is 5.75 Å². The number of allylic oxidation sites excluding steroid dienone is 1. The van der Waals surface area contributed by atoms with Gasteiger partial charge in [-0.1, -0.05) is 20.4 Å². The molecule has 1 heterocycles. The number of aromatic hydroxyl groups is 1. The molecule has 1 rings (SSSR count). The Balaban J connectivity index is 3.26. The third kappa shape index (κ3) is 1.86. The van der Waals surface area contributed by atoms with Gasteiger partial charge in [0.15, 0.2) is 5.75 Å². The summed E-state index contributed by atoms with van der Waals surface area (Å²) >= 11 is 0. The molecule has 0 saturated carbocycles. The predicted octanol–water partition coefficient (Wildman–Crippen LogP) is 2.34. The van der Waals surface area contributed by atoms with E-state index in [1.165, 1.54) is 6.33 Å². The average molecular weight is 178 g/mol. The molecule has 3 nitrogen and oxygen atoms in total. The SMILES string of the molecule is C=C(C)c1ncnc(C(C)C)c1O. The van der Waals surface area contributed by atoms with E-state index < -0.39 is 0 Å². The summed E-state index contributed by atoms with van der Waals surface area (Å²) < 4.78 is 0. The van der Waals surface area contributed by atoms with Crippen LogP contribution in [0.15, 0.2) is 12.9 Å². The highest BCUT2D eigenvalue weighted by atomic mass is 16.3. The highest BCUT2D eigenvalue weighted by Gasteiger charge is 2.12. The zero-order chi connectivity index (χ0) is 10.0. The van der Waals surface area contributed by atoms with Crippen LogP contribution in [-0.4, -0.2) is 15.1 Å². The van der Waals surface area contributed by atoms with Crippen LogP contribution in [0.4, 0.5) is 0 Å². The van der Waals surface area contributed by atoms with Gasteiger partial charge in [-0.2, -0.15) is 0 Å². The number of nitrogens with zero attached hydrogens (tertiary/aromatic N) is 2. The van der Waals surface area contributed by atoms with E-state index >= 15 is 0 Å². The van der Waals surface area contributed by atoms with Crippen LogP contribution in [0.1, 0.15) is 38.1 Å². The molecule has 0 bridgehead atoms. The minimum Gasteiger partial charge on any atom is -0.504 e. The van der Waals surface area contributed by atoms with Crippen molar-refractivity contribution in [3.8, 4) is 5.75 Å². The topological polar surface area (TPSA) is 46.0 Å². The maximum absolute atomic E-state index is 9.74. The van der Waals surface area contributed by atoms with Gasteiger partial charge in [0, 0.05) is 0 Å². The van der Waals surface area contributed by atoms with Gasteiger partial charge in [-0.15, -0.1) is 0 Å². The summed E-state index contributed by atoms with van der Waals surface area (Å²) in [6, 6.07) is 0. The third-order valence-electron chi connectivity index (χ3n) is 1.80. The first-order valence-electron chi connectivity index (χ1n) is 4.23. The van der Waals surface area contributed by atoms with Crippen molar-refractivity contribution in [2.24, 2.45) is 0 Å². The normalized spacial score (nSPS) is 10.5. The molecule has 3 heteroatoms. The predicted molar refractivity (Wildman–Crippen MR) is 52.5 cm³/mol. The quantitative estimate of drug-likeness (QED) is 0.756. The summed E-state index contributed by atoms with van der Waals surface area (Å²) in [6.45, 7) is 9.50. The van der Waals surface area contributed by atoms with Crippen molar-refractivity contribution in [1.29, 1.82) is 0 Å². The molecule has 0 saturated heterocycles. The van der Waals surface area contributed by atoms with Gasteiger partial charge in [0.2, 0.25) is 0 Å². The molecular formula is C10H14N2O.